The highest BCUT2D eigenvalue weighted by Gasteiger charge is 2.12. The third-order valence-corrected chi connectivity index (χ3v) is 4.31. The highest BCUT2D eigenvalue weighted by molar-refractivity contribution is 5.70. The van der Waals surface area contributed by atoms with Crippen molar-refractivity contribution < 1.29 is 28.5 Å². The molecule has 0 bridgehead atoms. The van der Waals surface area contributed by atoms with Gasteiger partial charge >= 0.3 is 11.9 Å². The van der Waals surface area contributed by atoms with Crippen LogP contribution in [0.15, 0.2) is 0 Å². The lowest BCUT2D eigenvalue weighted by Crippen LogP contribution is -2.19. The minimum Gasteiger partial charge on any atom is -0.436 e. The van der Waals surface area contributed by atoms with Gasteiger partial charge in [0.05, 0.1) is 13.2 Å². The van der Waals surface area contributed by atoms with E-state index in [4.69, 9.17) is 18.9 Å². The van der Waals surface area contributed by atoms with Crippen LogP contribution in [0.3, 0.4) is 0 Å². The van der Waals surface area contributed by atoms with Crippen LogP contribution in [0.2, 0.25) is 0 Å². The van der Waals surface area contributed by atoms with Crippen molar-refractivity contribution in [1.82, 2.24) is 0 Å². The molecule has 6 heteroatoms. The summed E-state index contributed by atoms with van der Waals surface area (Å²) >= 11 is 0. The summed E-state index contributed by atoms with van der Waals surface area (Å²) in [5, 5.41) is 0. The molecule has 0 aromatic rings. The second-order valence-electron chi connectivity index (χ2n) is 7.18. The molecular weight excluding hydrogens is 360 g/mol. The fourth-order valence-corrected chi connectivity index (χ4v) is 2.65. The molecule has 2 atom stereocenters. The molecule has 0 aliphatic heterocycles. The molecule has 0 aliphatic rings. The van der Waals surface area contributed by atoms with Gasteiger partial charge in [-0.25, -0.2) is 0 Å². The van der Waals surface area contributed by atoms with Gasteiger partial charge in [0.15, 0.2) is 12.6 Å². The minimum atomic E-state index is -0.519. The summed E-state index contributed by atoms with van der Waals surface area (Å²) in [5.41, 5.74) is 0. The van der Waals surface area contributed by atoms with Crippen LogP contribution in [0.25, 0.3) is 0 Å². The molecule has 0 N–H and O–H groups in total. The average Bonchev–Trinajstić information content (AvgIpc) is 2.65. The van der Waals surface area contributed by atoms with E-state index in [1.165, 1.54) is 25.7 Å². The van der Waals surface area contributed by atoms with Gasteiger partial charge in [0.2, 0.25) is 0 Å². The van der Waals surface area contributed by atoms with Gasteiger partial charge in [0, 0.05) is 12.8 Å². The summed E-state index contributed by atoms with van der Waals surface area (Å²) in [6.07, 6.45) is 9.69. The molecule has 0 heterocycles. The SMILES string of the molecule is CCCCCCOC(C)OC(=O)CCCCC(=O)OC(C)OCCCCCC. The first kappa shape index (κ1) is 26.9. The molecule has 166 valence electrons. The monoisotopic (exact) mass is 402 g/mol. The van der Waals surface area contributed by atoms with Crippen molar-refractivity contribution in [3.05, 3.63) is 0 Å². The Morgan fingerprint density at radius 1 is 0.607 bits per heavy atom. The molecule has 28 heavy (non-hydrogen) atoms. The number of ether oxygens (including phenoxy) is 4. The zero-order valence-electron chi connectivity index (χ0n) is 18.5. The number of unbranched alkanes of at least 4 members (excludes halogenated alkanes) is 7. The molecule has 0 fully saturated rings. The van der Waals surface area contributed by atoms with Crippen LogP contribution in [0.1, 0.15) is 105 Å². The standard InChI is InChI=1S/C22H42O6/c1-5-7-9-13-17-25-19(3)27-21(23)15-11-12-16-22(24)28-20(4)26-18-14-10-8-6-2/h19-20H,5-18H2,1-4H3. The Morgan fingerprint density at radius 3 is 1.36 bits per heavy atom. The Balaban J connectivity index is 3.60. The van der Waals surface area contributed by atoms with Crippen LogP contribution < -0.4 is 0 Å². The quantitative estimate of drug-likeness (QED) is 0.161. The summed E-state index contributed by atoms with van der Waals surface area (Å²) in [6, 6.07) is 0. The summed E-state index contributed by atoms with van der Waals surface area (Å²) in [7, 11) is 0. The number of esters is 2. The molecule has 0 saturated carbocycles. The van der Waals surface area contributed by atoms with Crippen LogP contribution in [0.5, 0.6) is 0 Å². The zero-order valence-corrected chi connectivity index (χ0v) is 18.5. The molecule has 0 aliphatic carbocycles. The van der Waals surface area contributed by atoms with E-state index in [-0.39, 0.29) is 24.8 Å². The first-order valence-corrected chi connectivity index (χ1v) is 11.1. The third kappa shape index (κ3) is 18.2. The fraction of sp³-hybridized carbons (Fsp3) is 0.909. The van der Waals surface area contributed by atoms with Crippen molar-refractivity contribution >= 4 is 11.9 Å². The van der Waals surface area contributed by atoms with Gasteiger partial charge in [-0.15, -0.1) is 0 Å². The van der Waals surface area contributed by atoms with E-state index in [0.717, 1.165) is 25.7 Å². The molecule has 0 radical (unpaired) electrons. The van der Waals surface area contributed by atoms with E-state index in [1.54, 1.807) is 13.8 Å². The molecule has 6 nitrogen and oxygen atoms in total. The number of carbonyl (C=O) groups is 2. The summed E-state index contributed by atoms with van der Waals surface area (Å²) in [4.78, 5) is 23.5. The van der Waals surface area contributed by atoms with Gasteiger partial charge in [0.1, 0.15) is 0 Å². The maximum absolute atomic E-state index is 11.8. The van der Waals surface area contributed by atoms with Crippen LogP contribution in [-0.4, -0.2) is 37.7 Å². The lowest BCUT2D eigenvalue weighted by molar-refractivity contribution is -0.177. The van der Waals surface area contributed by atoms with E-state index < -0.39 is 12.6 Å². The number of carbonyl (C=O) groups excluding carboxylic acids is 2. The van der Waals surface area contributed by atoms with Crippen molar-refractivity contribution in [3.63, 3.8) is 0 Å². The Morgan fingerprint density at radius 2 is 1.00 bits per heavy atom. The van der Waals surface area contributed by atoms with Crippen LogP contribution in [0.4, 0.5) is 0 Å². The molecule has 0 spiro atoms. The van der Waals surface area contributed by atoms with E-state index in [2.05, 4.69) is 13.8 Å². The molecule has 0 saturated heterocycles. The Hall–Kier alpha value is -1.14. The second-order valence-corrected chi connectivity index (χ2v) is 7.18. The van der Waals surface area contributed by atoms with Crippen molar-refractivity contribution in [2.45, 2.75) is 117 Å². The topological polar surface area (TPSA) is 71.1 Å². The van der Waals surface area contributed by atoms with E-state index in [9.17, 15) is 9.59 Å². The number of hydrogen-bond donors (Lipinski definition) is 0. The summed E-state index contributed by atoms with van der Waals surface area (Å²) in [5.74, 6) is -0.587. The molecule has 0 aromatic heterocycles. The van der Waals surface area contributed by atoms with Crippen molar-refractivity contribution in [2.75, 3.05) is 13.2 Å². The molecular formula is C22H42O6. The fourth-order valence-electron chi connectivity index (χ4n) is 2.65. The average molecular weight is 403 g/mol. The zero-order chi connectivity index (χ0) is 21.0. The summed E-state index contributed by atoms with van der Waals surface area (Å²) in [6.45, 7) is 9.01. The normalized spacial score (nSPS) is 13.1. The first-order chi connectivity index (χ1) is 13.5. The Labute approximate surface area is 171 Å². The smallest absolute Gasteiger partial charge is 0.308 e. The second kappa shape index (κ2) is 19.2. The first-order valence-electron chi connectivity index (χ1n) is 11.1. The highest BCUT2D eigenvalue weighted by atomic mass is 16.7. The van der Waals surface area contributed by atoms with Crippen molar-refractivity contribution in [2.24, 2.45) is 0 Å². The van der Waals surface area contributed by atoms with Gasteiger partial charge < -0.3 is 18.9 Å². The van der Waals surface area contributed by atoms with Crippen LogP contribution in [0, 0.1) is 0 Å². The van der Waals surface area contributed by atoms with E-state index in [1.807, 2.05) is 0 Å². The van der Waals surface area contributed by atoms with Crippen LogP contribution in [-0.2, 0) is 28.5 Å². The van der Waals surface area contributed by atoms with Crippen molar-refractivity contribution in [1.29, 1.82) is 0 Å². The molecule has 0 amide bonds. The highest BCUT2D eigenvalue weighted by Crippen LogP contribution is 2.08. The van der Waals surface area contributed by atoms with E-state index >= 15 is 0 Å². The molecule has 0 aromatic carbocycles. The van der Waals surface area contributed by atoms with Gasteiger partial charge in [0.25, 0.3) is 0 Å². The van der Waals surface area contributed by atoms with Gasteiger partial charge in [-0.1, -0.05) is 52.4 Å². The summed E-state index contributed by atoms with van der Waals surface area (Å²) < 4.78 is 21.3. The van der Waals surface area contributed by atoms with Crippen molar-refractivity contribution in [3.8, 4) is 0 Å². The Kier molecular flexibility index (Phi) is 18.4. The largest absolute Gasteiger partial charge is 0.436 e. The number of hydrogen-bond acceptors (Lipinski definition) is 6. The minimum absolute atomic E-state index is 0.278. The number of rotatable bonds is 19. The predicted molar refractivity (Wildman–Crippen MR) is 110 cm³/mol. The van der Waals surface area contributed by atoms with Gasteiger partial charge in [-0.05, 0) is 39.5 Å². The van der Waals surface area contributed by atoms with Gasteiger partial charge in [-0.3, -0.25) is 9.59 Å². The van der Waals surface area contributed by atoms with Gasteiger partial charge in [-0.2, -0.15) is 0 Å². The molecule has 0 rings (SSSR count). The molecule has 2 unspecified atom stereocenters. The van der Waals surface area contributed by atoms with E-state index in [0.29, 0.717) is 26.1 Å². The maximum Gasteiger partial charge on any atom is 0.308 e. The lowest BCUT2D eigenvalue weighted by atomic mass is 10.2. The maximum atomic E-state index is 11.8. The van der Waals surface area contributed by atoms with Crippen LogP contribution >= 0.6 is 0 Å². The lowest BCUT2D eigenvalue weighted by Gasteiger charge is -2.15. The Bertz CT molecular complexity index is 349. The third-order valence-electron chi connectivity index (χ3n) is 4.31. The predicted octanol–water partition coefficient (Wildman–Crippen LogP) is 5.52.